The second-order valence-corrected chi connectivity index (χ2v) is 5.41. The Morgan fingerprint density at radius 1 is 1.35 bits per heavy atom. The van der Waals surface area contributed by atoms with Crippen molar-refractivity contribution in [1.82, 2.24) is 15.1 Å². The first-order chi connectivity index (χ1) is 11.2. The van der Waals surface area contributed by atoms with Gasteiger partial charge in [0.1, 0.15) is 6.54 Å². The summed E-state index contributed by atoms with van der Waals surface area (Å²) in [4.78, 5) is 24.3. The molecule has 1 aromatic heterocycles. The number of esters is 1. The molecule has 0 aliphatic carbocycles. The van der Waals surface area contributed by atoms with Crippen LogP contribution in [0.3, 0.4) is 0 Å². The third kappa shape index (κ3) is 4.54. The SMILES string of the molecule is CCOC(=O)Cn1nc(CC)c2c1CCCOCCCNC2=O. The minimum absolute atomic E-state index is 0.0321. The van der Waals surface area contributed by atoms with Crippen molar-refractivity contribution in [3.05, 3.63) is 17.0 Å². The quantitative estimate of drug-likeness (QED) is 0.839. The number of carbonyl (C=O) groups excluding carboxylic acids is 2. The van der Waals surface area contributed by atoms with E-state index in [2.05, 4.69) is 10.4 Å². The highest BCUT2D eigenvalue weighted by Crippen LogP contribution is 2.18. The summed E-state index contributed by atoms with van der Waals surface area (Å²) in [5, 5.41) is 7.38. The predicted octanol–water partition coefficient (Wildman–Crippen LogP) is 1.09. The van der Waals surface area contributed by atoms with E-state index in [0.29, 0.717) is 44.8 Å². The molecule has 0 radical (unpaired) electrons. The predicted molar refractivity (Wildman–Crippen MR) is 84.3 cm³/mol. The van der Waals surface area contributed by atoms with Crippen molar-refractivity contribution < 1.29 is 19.1 Å². The molecule has 7 nitrogen and oxygen atoms in total. The maximum Gasteiger partial charge on any atom is 0.327 e. The lowest BCUT2D eigenvalue weighted by Crippen LogP contribution is -2.27. The minimum atomic E-state index is -0.341. The number of hydrogen-bond donors (Lipinski definition) is 1. The van der Waals surface area contributed by atoms with Crippen LogP contribution < -0.4 is 5.32 Å². The number of aromatic nitrogens is 2. The molecule has 0 fully saturated rings. The fourth-order valence-corrected chi connectivity index (χ4v) is 2.68. The number of aryl methyl sites for hydroxylation is 1. The molecule has 0 aromatic carbocycles. The number of fused-ring (bicyclic) bond motifs is 1. The van der Waals surface area contributed by atoms with Crippen molar-refractivity contribution in [1.29, 1.82) is 0 Å². The highest BCUT2D eigenvalue weighted by Gasteiger charge is 2.24. The van der Waals surface area contributed by atoms with Crippen molar-refractivity contribution in [2.75, 3.05) is 26.4 Å². The fraction of sp³-hybridized carbons (Fsp3) is 0.688. The molecule has 1 aliphatic rings. The Bertz CT molecular complexity index is 554. The molecule has 1 aromatic rings. The fourth-order valence-electron chi connectivity index (χ4n) is 2.68. The largest absolute Gasteiger partial charge is 0.465 e. The van der Waals surface area contributed by atoms with Crippen LogP contribution >= 0.6 is 0 Å². The Morgan fingerprint density at radius 3 is 2.87 bits per heavy atom. The van der Waals surface area contributed by atoms with Gasteiger partial charge in [-0.15, -0.1) is 0 Å². The molecule has 1 N–H and O–H groups in total. The lowest BCUT2D eigenvalue weighted by atomic mass is 10.1. The molecule has 0 saturated heterocycles. The molecule has 1 amide bonds. The first-order valence-corrected chi connectivity index (χ1v) is 8.27. The lowest BCUT2D eigenvalue weighted by Gasteiger charge is -2.09. The van der Waals surface area contributed by atoms with Crippen LogP contribution in [-0.4, -0.2) is 48.0 Å². The van der Waals surface area contributed by atoms with Crippen LogP contribution in [0, 0.1) is 0 Å². The Labute approximate surface area is 136 Å². The molecule has 0 saturated carbocycles. The maximum absolute atomic E-state index is 12.5. The van der Waals surface area contributed by atoms with E-state index in [-0.39, 0.29) is 18.4 Å². The Balaban J connectivity index is 2.33. The summed E-state index contributed by atoms with van der Waals surface area (Å²) in [7, 11) is 0. The normalized spacial score (nSPS) is 16.2. The van der Waals surface area contributed by atoms with E-state index in [1.807, 2.05) is 6.92 Å². The number of nitrogens with one attached hydrogen (secondary N) is 1. The van der Waals surface area contributed by atoms with E-state index >= 15 is 0 Å². The van der Waals surface area contributed by atoms with Gasteiger partial charge in [0.05, 0.1) is 23.6 Å². The molecule has 128 valence electrons. The Hall–Kier alpha value is -1.89. The van der Waals surface area contributed by atoms with E-state index in [1.165, 1.54) is 0 Å². The molecule has 23 heavy (non-hydrogen) atoms. The summed E-state index contributed by atoms with van der Waals surface area (Å²) in [6.45, 7) is 5.95. The zero-order valence-electron chi connectivity index (χ0n) is 13.9. The molecule has 2 rings (SSSR count). The van der Waals surface area contributed by atoms with Gasteiger partial charge in [-0.2, -0.15) is 5.10 Å². The highest BCUT2D eigenvalue weighted by molar-refractivity contribution is 5.96. The second kappa shape index (κ2) is 8.67. The van der Waals surface area contributed by atoms with Crippen LogP contribution in [0.2, 0.25) is 0 Å². The molecule has 0 spiro atoms. The first kappa shape index (κ1) is 17.5. The minimum Gasteiger partial charge on any atom is -0.465 e. The van der Waals surface area contributed by atoms with Gasteiger partial charge < -0.3 is 14.8 Å². The van der Waals surface area contributed by atoms with Gasteiger partial charge in [-0.05, 0) is 32.6 Å². The molecule has 7 heteroatoms. The lowest BCUT2D eigenvalue weighted by molar-refractivity contribution is -0.144. The third-order valence-electron chi connectivity index (χ3n) is 3.73. The van der Waals surface area contributed by atoms with Crippen molar-refractivity contribution in [2.24, 2.45) is 0 Å². The second-order valence-electron chi connectivity index (χ2n) is 5.41. The van der Waals surface area contributed by atoms with Gasteiger partial charge in [-0.1, -0.05) is 6.92 Å². The van der Waals surface area contributed by atoms with Crippen molar-refractivity contribution in [2.45, 2.75) is 46.1 Å². The number of nitrogens with zero attached hydrogens (tertiary/aromatic N) is 2. The molecule has 1 aliphatic heterocycles. The zero-order valence-corrected chi connectivity index (χ0v) is 13.9. The Morgan fingerprint density at radius 2 is 2.13 bits per heavy atom. The van der Waals surface area contributed by atoms with Crippen LogP contribution in [0.15, 0.2) is 0 Å². The van der Waals surface area contributed by atoms with E-state index in [9.17, 15) is 9.59 Å². The molecule has 0 bridgehead atoms. The Kier molecular flexibility index (Phi) is 6.58. The van der Waals surface area contributed by atoms with Gasteiger partial charge in [-0.3, -0.25) is 14.3 Å². The topological polar surface area (TPSA) is 82.5 Å². The summed E-state index contributed by atoms with van der Waals surface area (Å²) < 4.78 is 12.2. The van der Waals surface area contributed by atoms with Gasteiger partial charge in [-0.25, -0.2) is 0 Å². The summed E-state index contributed by atoms with van der Waals surface area (Å²) in [6.07, 6.45) is 2.87. The van der Waals surface area contributed by atoms with E-state index in [4.69, 9.17) is 9.47 Å². The standard InChI is InChI=1S/C16H25N3O4/c1-3-12-15-13(19(18-12)11-14(20)23-4-2)7-5-9-22-10-6-8-17-16(15)21/h3-11H2,1-2H3,(H,17,21). The smallest absolute Gasteiger partial charge is 0.327 e. The van der Waals surface area contributed by atoms with Gasteiger partial charge in [0.25, 0.3) is 5.91 Å². The van der Waals surface area contributed by atoms with Crippen LogP contribution in [0.4, 0.5) is 0 Å². The van der Waals surface area contributed by atoms with E-state index < -0.39 is 0 Å². The monoisotopic (exact) mass is 323 g/mol. The highest BCUT2D eigenvalue weighted by atomic mass is 16.5. The first-order valence-electron chi connectivity index (χ1n) is 8.27. The van der Waals surface area contributed by atoms with Crippen molar-refractivity contribution >= 4 is 11.9 Å². The van der Waals surface area contributed by atoms with E-state index in [0.717, 1.165) is 24.2 Å². The number of hydrogen-bond acceptors (Lipinski definition) is 5. The van der Waals surface area contributed by atoms with Gasteiger partial charge >= 0.3 is 5.97 Å². The van der Waals surface area contributed by atoms with Gasteiger partial charge in [0.15, 0.2) is 0 Å². The summed E-state index contributed by atoms with van der Waals surface area (Å²) in [6, 6.07) is 0. The number of carbonyl (C=O) groups is 2. The van der Waals surface area contributed by atoms with Gasteiger partial charge in [0.2, 0.25) is 0 Å². The summed E-state index contributed by atoms with van der Waals surface area (Å²) in [5.41, 5.74) is 2.12. The molecular formula is C16H25N3O4. The average Bonchev–Trinajstić information content (AvgIpc) is 2.85. The molecule has 2 heterocycles. The van der Waals surface area contributed by atoms with Crippen LogP contribution in [0.25, 0.3) is 0 Å². The average molecular weight is 323 g/mol. The maximum atomic E-state index is 12.5. The van der Waals surface area contributed by atoms with Crippen LogP contribution in [-0.2, 0) is 33.7 Å². The van der Waals surface area contributed by atoms with Gasteiger partial charge in [0, 0.05) is 19.8 Å². The number of rotatable bonds is 4. The molecular weight excluding hydrogens is 298 g/mol. The summed E-state index contributed by atoms with van der Waals surface area (Å²) in [5.74, 6) is -0.458. The van der Waals surface area contributed by atoms with Crippen molar-refractivity contribution in [3.63, 3.8) is 0 Å². The van der Waals surface area contributed by atoms with Crippen LogP contribution in [0.5, 0.6) is 0 Å². The van der Waals surface area contributed by atoms with Crippen molar-refractivity contribution in [3.8, 4) is 0 Å². The molecule has 0 atom stereocenters. The number of amides is 1. The van der Waals surface area contributed by atoms with Crippen LogP contribution in [0.1, 0.15) is 48.4 Å². The molecule has 0 unspecified atom stereocenters. The number of ether oxygens (including phenoxy) is 2. The van der Waals surface area contributed by atoms with E-state index in [1.54, 1.807) is 11.6 Å². The summed E-state index contributed by atoms with van der Waals surface area (Å²) >= 11 is 0. The zero-order chi connectivity index (χ0) is 16.7. The third-order valence-corrected chi connectivity index (χ3v) is 3.73.